The van der Waals surface area contributed by atoms with E-state index in [1.807, 2.05) is 0 Å². The van der Waals surface area contributed by atoms with Gasteiger partial charge in [0.15, 0.2) is 5.13 Å². The van der Waals surface area contributed by atoms with Crippen LogP contribution in [0.1, 0.15) is 43.3 Å². The van der Waals surface area contributed by atoms with Gasteiger partial charge in [0.25, 0.3) is 0 Å². The lowest BCUT2D eigenvalue weighted by molar-refractivity contribution is 0.196. The molecule has 0 radical (unpaired) electrons. The fraction of sp³-hybridized carbons (Fsp3) is 0.786. The lowest BCUT2D eigenvalue weighted by atomic mass is 9.77. The van der Waals surface area contributed by atoms with Crippen molar-refractivity contribution in [3.05, 3.63) is 10.6 Å². The van der Waals surface area contributed by atoms with Crippen molar-refractivity contribution in [3.63, 3.8) is 0 Å². The van der Waals surface area contributed by atoms with E-state index in [9.17, 15) is 0 Å². The molecule has 0 aliphatic heterocycles. The molecule has 5 heteroatoms. The van der Waals surface area contributed by atoms with Crippen molar-refractivity contribution in [2.45, 2.75) is 39.2 Å². The SMILES string of the molecule is COCCCN(C)c1nc2c(s1)C(N)CC(C)(C)C2. The molecule has 1 aromatic heterocycles. The molecule has 4 nitrogen and oxygen atoms in total. The van der Waals surface area contributed by atoms with Gasteiger partial charge in [0.1, 0.15) is 0 Å². The zero-order chi connectivity index (χ0) is 14.0. The molecule has 108 valence electrons. The van der Waals surface area contributed by atoms with Gasteiger partial charge in [0.2, 0.25) is 0 Å². The lowest BCUT2D eigenvalue weighted by Gasteiger charge is -2.32. The summed E-state index contributed by atoms with van der Waals surface area (Å²) < 4.78 is 5.09. The average Bonchev–Trinajstić information content (AvgIpc) is 2.71. The Morgan fingerprint density at radius 2 is 2.26 bits per heavy atom. The summed E-state index contributed by atoms with van der Waals surface area (Å²) in [6.45, 7) is 6.31. The maximum Gasteiger partial charge on any atom is 0.185 e. The van der Waals surface area contributed by atoms with Crippen molar-refractivity contribution < 1.29 is 4.74 Å². The highest BCUT2D eigenvalue weighted by molar-refractivity contribution is 7.15. The third-order valence-corrected chi connectivity index (χ3v) is 4.98. The minimum atomic E-state index is 0.150. The first-order chi connectivity index (χ1) is 8.93. The second-order valence-corrected chi connectivity index (χ2v) is 7.24. The van der Waals surface area contributed by atoms with E-state index in [0.29, 0.717) is 0 Å². The Hall–Kier alpha value is -0.650. The molecule has 0 aromatic carbocycles. The molecule has 0 spiro atoms. The van der Waals surface area contributed by atoms with Crippen LogP contribution in [0.2, 0.25) is 0 Å². The first-order valence-corrected chi connectivity index (χ1v) is 7.70. The summed E-state index contributed by atoms with van der Waals surface area (Å²) in [7, 11) is 3.83. The minimum absolute atomic E-state index is 0.150. The molecule has 2 rings (SSSR count). The minimum Gasteiger partial charge on any atom is -0.385 e. The Balaban J connectivity index is 2.09. The van der Waals surface area contributed by atoms with Gasteiger partial charge in [-0.1, -0.05) is 13.8 Å². The van der Waals surface area contributed by atoms with Crippen LogP contribution in [0.4, 0.5) is 5.13 Å². The Morgan fingerprint density at radius 3 is 2.95 bits per heavy atom. The highest BCUT2D eigenvalue weighted by Crippen LogP contribution is 2.43. The average molecular weight is 283 g/mol. The summed E-state index contributed by atoms with van der Waals surface area (Å²) in [5.41, 5.74) is 7.77. The van der Waals surface area contributed by atoms with Gasteiger partial charge in [-0.3, -0.25) is 0 Å². The number of methoxy groups -OCH3 is 1. The molecule has 0 fully saturated rings. The van der Waals surface area contributed by atoms with Crippen molar-refractivity contribution in [2.24, 2.45) is 11.1 Å². The highest BCUT2D eigenvalue weighted by atomic mass is 32.1. The van der Waals surface area contributed by atoms with Crippen molar-refractivity contribution in [1.29, 1.82) is 0 Å². The molecular weight excluding hydrogens is 258 g/mol. The summed E-state index contributed by atoms with van der Waals surface area (Å²) in [6.07, 6.45) is 3.11. The highest BCUT2D eigenvalue weighted by Gasteiger charge is 2.33. The number of anilines is 1. The molecule has 0 bridgehead atoms. The number of hydrogen-bond donors (Lipinski definition) is 1. The number of thiazole rings is 1. The Morgan fingerprint density at radius 1 is 1.53 bits per heavy atom. The fourth-order valence-electron chi connectivity index (χ4n) is 2.69. The summed E-state index contributed by atoms with van der Waals surface area (Å²) in [4.78, 5) is 8.29. The quantitative estimate of drug-likeness (QED) is 0.844. The van der Waals surface area contributed by atoms with Gasteiger partial charge in [-0.05, 0) is 24.7 Å². The summed E-state index contributed by atoms with van der Waals surface area (Å²) in [5.74, 6) is 0. The lowest BCUT2D eigenvalue weighted by Crippen LogP contribution is -2.28. The number of fused-ring (bicyclic) bond motifs is 1. The van der Waals surface area contributed by atoms with Crippen LogP contribution in [0.15, 0.2) is 0 Å². The molecule has 19 heavy (non-hydrogen) atoms. The largest absolute Gasteiger partial charge is 0.385 e. The second kappa shape index (κ2) is 5.77. The molecule has 0 saturated heterocycles. The van der Waals surface area contributed by atoms with Crippen molar-refractivity contribution >= 4 is 16.5 Å². The van der Waals surface area contributed by atoms with Gasteiger partial charge in [-0.25, -0.2) is 4.98 Å². The molecule has 0 saturated carbocycles. The van der Waals surface area contributed by atoms with Crippen molar-refractivity contribution in [2.75, 3.05) is 32.2 Å². The molecule has 1 aromatic rings. The Kier molecular flexibility index (Phi) is 4.48. The second-order valence-electron chi connectivity index (χ2n) is 6.23. The van der Waals surface area contributed by atoms with Gasteiger partial charge in [-0.15, -0.1) is 11.3 Å². The predicted molar refractivity (Wildman–Crippen MR) is 80.9 cm³/mol. The molecule has 1 unspecified atom stereocenters. The fourth-order valence-corrected chi connectivity index (χ4v) is 3.76. The van der Waals surface area contributed by atoms with Crippen LogP contribution in [-0.2, 0) is 11.2 Å². The zero-order valence-corrected chi connectivity index (χ0v) is 13.2. The number of nitrogens with zero attached hydrogens (tertiary/aromatic N) is 2. The first kappa shape index (κ1) is 14.8. The van der Waals surface area contributed by atoms with E-state index in [-0.39, 0.29) is 11.5 Å². The maximum absolute atomic E-state index is 6.29. The predicted octanol–water partition coefficient (Wildman–Crippen LogP) is 2.59. The number of ether oxygens (including phenoxy) is 1. The topological polar surface area (TPSA) is 51.4 Å². The molecule has 0 amide bonds. The molecular formula is C14H25N3OS. The zero-order valence-electron chi connectivity index (χ0n) is 12.4. The number of hydrogen-bond acceptors (Lipinski definition) is 5. The molecule has 2 N–H and O–H groups in total. The van der Waals surface area contributed by atoms with Crippen LogP contribution in [0, 0.1) is 5.41 Å². The Labute approximate surface area is 120 Å². The maximum atomic E-state index is 6.29. The van der Waals surface area contributed by atoms with Crippen molar-refractivity contribution in [3.8, 4) is 0 Å². The van der Waals surface area contributed by atoms with E-state index in [1.54, 1.807) is 18.4 Å². The van der Waals surface area contributed by atoms with E-state index in [0.717, 1.165) is 37.5 Å². The van der Waals surface area contributed by atoms with E-state index < -0.39 is 0 Å². The van der Waals surface area contributed by atoms with Crippen LogP contribution >= 0.6 is 11.3 Å². The third kappa shape index (κ3) is 3.46. The first-order valence-electron chi connectivity index (χ1n) is 6.88. The summed E-state index contributed by atoms with van der Waals surface area (Å²) in [5, 5.41) is 1.09. The number of rotatable bonds is 5. The van der Waals surface area contributed by atoms with Crippen LogP contribution < -0.4 is 10.6 Å². The molecule has 1 heterocycles. The third-order valence-electron chi connectivity index (χ3n) is 3.64. The van der Waals surface area contributed by atoms with Crippen LogP contribution in [0.5, 0.6) is 0 Å². The van der Waals surface area contributed by atoms with Gasteiger partial charge >= 0.3 is 0 Å². The monoisotopic (exact) mass is 283 g/mol. The smallest absolute Gasteiger partial charge is 0.185 e. The van der Waals surface area contributed by atoms with Gasteiger partial charge < -0.3 is 15.4 Å². The number of nitrogens with two attached hydrogens (primary N) is 1. The molecule has 1 aliphatic rings. The van der Waals surface area contributed by atoms with E-state index >= 15 is 0 Å². The number of aromatic nitrogens is 1. The summed E-state index contributed by atoms with van der Waals surface area (Å²) in [6, 6.07) is 0.150. The standard InChI is InChI=1S/C14H25N3OS/c1-14(2)8-10(15)12-11(9-14)16-13(19-12)17(3)6-5-7-18-4/h10H,5-9,15H2,1-4H3. The molecule has 1 atom stereocenters. The summed E-state index contributed by atoms with van der Waals surface area (Å²) >= 11 is 1.76. The van der Waals surface area contributed by atoms with Gasteiger partial charge in [0, 0.05) is 38.2 Å². The van der Waals surface area contributed by atoms with E-state index in [1.165, 1.54) is 10.6 Å². The normalized spacial score (nSPS) is 21.2. The van der Waals surface area contributed by atoms with E-state index in [4.69, 9.17) is 15.5 Å². The van der Waals surface area contributed by atoms with Crippen LogP contribution in [-0.4, -0.2) is 32.3 Å². The van der Waals surface area contributed by atoms with Gasteiger partial charge in [-0.2, -0.15) is 0 Å². The van der Waals surface area contributed by atoms with E-state index in [2.05, 4.69) is 25.8 Å². The van der Waals surface area contributed by atoms with Gasteiger partial charge in [0.05, 0.1) is 5.69 Å². The Bertz CT molecular complexity index is 430. The van der Waals surface area contributed by atoms with Crippen LogP contribution in [0.25, 0.3) is 0 Å². The molecule has 1 aliphatic carbocycles. The van der Waals surface area contributed by atoms with Crippen molar-refractivity contribution in [1.82, 2.24) is 4.98 Å². The van der Waals surface area contributed by atoms with Crippen LogP contribution in [0.3, 0.4) is 0 Å².